The molecule has 24 heavy (non-hydrogen) atoms. The summed E-state index contributed by atoms with van der Waals surface area (Å²) in [5.41, 5.74) is 4.43. The largest absolute Gasteiger partial charge is 0.210 e. The highest BCUT2D eigenvalue weighted by Gasteiger charge is 2.16. The minimum atomic E-state index is 0.719. The van der Waals surface area contributed by atoms with Gasteiger partial charge in [0.15, 0.2) is 5.65 Å². The van der Waals surface area contributed by atoms with Crippen LogP contribution in [0.4, 0.5) is 0 Å². The van der Waals surface area contributed by atoms with E-state index in [-0.39, 0.29) is 0 Å². The second-order valence-electron chi connectivity index (χ2n) is 5.62. The van der Waals surface area contributed by atoms with Crippen molar-refractivity contribution >= 4 is 43.4 Å². The van der Waals surface area contributed by atoms with Gasteiger partial charge in [-0.2, -0.15) is 5.10 Å². The van der Waals surface area contributed by atoms with Crippen LogP contribution in [-0.2, 0) is 0 Å². The molecule has 114 valence electrons. The summed E-state index contributed by atoms with van der Waals surface area (Å²) in [6.07, 6.45) is 0. The van der Waals surface area contributed by atoms with Gasteiger partial charge in [0.1, 0.15) is 11.2 Å². The molecule has 0 aliphatic carbocycles. The van der Waals surface area contributed by atoms with E-state index < -0.39 is 0 Å². The van der Waals surface area contributed by atoms with E-state index in [0.717, 1.165) is 43.2 Å². The predicted molar refractivity (Wildman–Crippen MR) is 98.9 cm³/mol. The molecule has 0 fully saturated rings. The zero-order valence-electron chi connectivity index (χ0n) is 12.5. The molecule has 4 nitrogen and oxygen atoms in total. The van der Waals surface area contributed by atoms with Crippen molar-refractivity contribution in [2.75, 3.05) is 0 Å². The van der Waals surface area contributed by atoms with Gasteiger partial charge in [0.05, 0.1) is 9.99 Å². The van der Waals surface area contributed by atoms with Gasteiger partial charge >= 0.3 is 0 Å². The Morgan fingerprint density at radius 1 is 0.792 bits per heavy atom. The highest BCUT2D eigenvalue weighted by Crippen LogP contribution is 2.32. The third kappa shape index (κ3) is 1.88. The second kappa shape index (κ2) is 5.11. The molecule has 0 unspecified atom stereocenters. The fourth-order valence-electron chi connectivity index (χ4n) is 3.04. The Morgan fingerprint density at radius 2 is 1.58 bits per heavy atom. The van der Waals surface area contributed by atoms with Crippen LogP contribution < -0.4 is 0 Å². The number of fused-ring (bicyclic) bond motifs is 5. The predicted octanol–water partition coefficient (Wildman–Crippen LogP) is 4.86. The highest BCUT2D eigenvalue weighted by molar-refractivity contribution is 9.10. The number of hydrogen-bond acceptors (Lipinski definition) is 3. The molecular weight excluding hydrogens is 364 g/mol. The summed E-state index contributed by atoms with van der Waals surface area (Å²) in [5.74, 6) is 0. The summed E-state index contributed by atoms with van der Waals surface area (Å²) in [4.78, 5) is 0. The lowest BCUT2D eigenvalue weighted by Crippen LogP contribution is -1.96. The third-order valence-electron chi connectivity index (χ3n) is 4.20. The van der Waals surface area contributed by atoms with Crippen molar-refractivity contribution in [2.24, 2.45) is 0 Å². The lowest BCUT2D eigenvalue weighted by atomic mass is 10.1. The molecule has 0 bridgehead atoms. The van der Waals surface area contributed by atoms with Gasteiger partial charge in [-0.15, -0.1) is 10.2 Å². The van der Waals surface area contributed by atoms with Gasteiger partial charge < -0.3 is 0 Å². The standard InChI is InChI=1S/C19H11BrN4/c20-16-17(13-7-2-1-3-8-13)23-24-15-11-10-12-6-4-5-9-14(12)18(15)21-22-19(16)24/h1-11H. The van der Waals surface area contributed by atoms with E-state index >= 15 is 0 Å². The Labute approximate surface area is 145 Å². The Bertz CT molecular complexity index is 1210. The number of halogens is 1. The van der Waals surface area contributed by atoms with Crippen LogP contribution in [0, 0.1) is 0 Å². The molecule has 5 aromatic rings. The van der Waals surface area contributed by atoms with E-state index in [1.54, 1.807) is 0 Å². The summed E-state index contributed by atoms with van der Waals surface area (Å²) in [7, 11) is 0. The first-order chi connectivity index (χ1) is 11.8. The lowest BCUT2D eigenvalue weighted by molar-refractivity contribution is 0.947. The molecule has 0 aliphatic heterocycles. The first-order valence-corrected chi connectivity index (χ1v) is 8.40. The molecule has 0 saturated carbocycles. The molecule has 2 heterocycles. The quantitative estimate of drug-likeness (QED) is 0.393. The van der Waals surface area contributed by atoms with E-state index in [4.69, 9.17) is 5.10 Å². The van der Waals surface area contributed by atoms with Crippen LogP contribution in [0.3, 0.4) is 0 Å². The van der Waals surface area contributed by atoms with Gasteiger partial charge in [0, 0.05) is 10.9 Å². The Balaban J connectivity index is 1.90. The van der Waals surface area contributed by atoms with E-state index in [2.05, 4.69) is 44.3 Å². The normalized spacial score (nSPS) is 11.5. The van der Waals surface area contributed by atoms with Crippen molar-refractivity contribution in [3.05, 3.63) is 71.2 Å². The van der Waals surface area contributed by atoms with Crippen LogP contribution >= 0.6 is 15.9 Å². The van der Waals surface area contributed by atoms with Crippen molar-refractivity contribution in [1.82, 2.24) is 19.8 Å². The van der Waals surface area contributed by atoms with Gasteiger partial charge in [0.25, 0.3) is 0 Å². The van der Waals surface area contributed by atoms with E-state index in [1.165, 1.54) is 0 Å². The molecule has 0 aliphatic rings. The number of benzene rings is 3. The number of aromatic nitrogens is 4. The zero-order valence-corrected chi connectivity index (χ0v) is 14.1. The molecule has 0 spiro atoms. The van der Waals surface area contributed by atoms with Gasteiger partial charge in [-0.3, -0.25) is 0 Å². The van der Waals surface area contributed by atoms with Gasteiger partial charge in [-0.25, -0.2) is 4.52 Å². The first-order valence-electron chi connectivity index (χ1n) is 7.61. The average Bonchev–Trinajstić information content (AvgIpc) is 2.99. The Kier molecular flexibility index (Phi) is 2.90. The second-order valence-corrected chi connectivity index (χ2v) is 6.41. The zero-order chi connectivity index (χ0) is 16.1. The number of nitrogens with zero attached hydrogens (tertiary/aromatic N) is 4. The number of rotatable bonds is 1. The number of hydrogen-bond donors (Lipinski definition) is 0. The third-order valence-corrected chi connectivity index (χ3v) is 4.93. The molecule has 5 rings (SSSR count). The highest BCUT2D eigenvalue weighted by atomic mass is 79.9. The van der Waals surface area contributed by atoms with Crippen LogP contribution in [0.25, 0.3) is 38.7 Å². The Morgan fingerprint density at radius 3 is 2.46 bits per heavy atom. The molecule has 3 aromatic carbocycles. The van der Waals surface area contributed by atoms with Gasteiger partial charge in [-0.1, -0.05) is 60.7 Å². The van der Waals surface area contributed by atoms with E-state index in [0.29, 0.717) is 0 Å². The van der Waals surface area contributed by atoms with Crippen LogP contribution in [0.5, 0.6) is 0 Å². The molecule has 5 heteroatoms. The summed E-state index contributed by atoms with van der Waals surface area (Å²) in [6.45, 7) is 0. The molecule has 0 amide bonds. The van der Waals surface area contributed by atoms with Crippen LogP contribution in [0.1, 0.15) is 0 Å². The minimum Gasteiger partial charge on any atom is -0.210 e. The average molecular weight is 375 g/mol. The van der Waals surface area contributed by atoms with Crippen LogP contribution in [0.2, 0.25) is 0 Å². The van der Waals surface area contributed by atoms with Gasteiger partial charge in [-0.05, 0) is 27.4 Å². The van der Waals surface area contributed by atoms with E-state index in [1.807, 2.05) is 53.0 Å². The fourth-order valence-corrected chi connectivity index (χ4v) is 3.60. The SMILES string of the molecule is Brc1c(-c2ccccc2)nn2c1nnc1c3ccccc3ccc12. The molecule has 2 aromatic heterocycles. The summed E-state index contributed by atoms with van der Waals surface area (Å²) in [6, 6.07) is 22.4. The van der Waals surface area contributed by atoms with Crippen molar-refractivity contribution in [2.45, 2.75) is 0 Å². The maximum absolute atomic E-state index is 4.78. The summed E-state index contributed by atoms with van der Waals surface area (Å²) < 4.78 is 2.72. The van der Waals surface area contributed by atoms with Gasteiger partial charge in [0.2, 0.25) is 0 Å². The molecule has 0 radical (unpaired) electrons. The topological polar surface area (TPSA) is 43.1 Å². The maximum atomic E-state index is 4.78. The lowest BCUT2D eigenvalue weighted by Gasteiger charge is -2.03. The van der Waals surface area contributed by atoms with Crippen molar-refractivity contribution in [3.63, 3.8) is 0 Å². The van der Waals surface area contributed by atoms with Crippen LogP contribution in [-0.4, -0.2) is 19.8 Å². The molecule has 0 atom stereocenters. The first kappa shape index (κ1) is 13.6. The minimum absolute atomic E-state index is 0.719. The smallest absolute Gasteiger partial charge is 0.192 e. The van der Waals surface area contributed by atoms with Crippen molar-refractivity contribution in [3.8, 4) is 11.3 Å². The molecule has 0 saturated heterocycles. The van der Waals surface area contributed by atoms with Crippen molar-refractivity contribution in [1.29, 1.82) is 0 Å². The summed E-state index contributed by atoms with van der Waals surface area (Å²) in [5, 5.41) is 15.9. The molecule has 0 N–H and O–H groups in total. The van der Waals surface area contributed by atoms with E-state index in [9.17, 15) is 0 Å². The van der Waals surface area contributed by atoms with Crippen molar-refractivity contribution < 1.29 is 0 Å². The Hall–Kier alpha value is -2.79. The molecular formula is C19H11BrN4. The van der Waals surface area contributed by atoms with Crippen LogP contribution in [0.15, 0.2) is 71.2 Å². The maximum Gasteiger partial charge on any atom is 0.192 e. The summed E-state index contributed by atoms with van der Waals surface area (Å²) >= 11 is 3.64. The fraction of sp³-hybridized carbons (Fsp3) is 0. The monoisotopic (exact) mass is 374 g/mol.